The Kier molecular flexibility index (Phi) is 5.41. The zero-order valence-corrected chi connectivity index (χ0v) is 14.7. The van der Waals surface area contributed by atoms with Gasteiger partial charge in [-0.2, -0.15) is 23.0 Å². The second-order valence-corrected chi connectivity index (χ2v) is 6.59. The van der Waals surface area contributed by atoms with Crippen molar-refractivity contribution in [2.75, 3.05) is 24.6 Å². The highest BCUT2D eigenvalue weighted by molar-refractivity contribution is 6.33. The Balaban J connectivity index is 1.89. The van der Waals surface area contributed by atoms with Crippen molar-refractivity contribution in [3.05, 3.63) is 45.5 Å². The van der Waals surface area contributed by atoms with Crippen molar-refractivity contribution < 1.29 is 23.4 Å². The molecule has 1 aliphatic heterocycles. The Bertz CT molecular complexity index is 873. The van der Waals surface area contributed by atoms with E-state index in [1.165, 1.54) is 6.20 Å². The molecule has 0 amide bonds. The van der Waals surface area contributed by atoms with E-state index < -0.39 is 23.4 Å². The first kappa shape index (κ1) is 19.6. The number of alkyl halides is 3. The molecule has 0 unspecified atom stereocenters. The Morgan fingerprint density at radius 3 is 2.59 bits per heavy atom. The molecular weight excluding hydrogens is 389 g/mol. The average molecular weight is 405 g/mol. The van der Waals surface area contributed by atoms with E-state index in [4.69, 9.17) is 11.6 Å². The van der Waals surface area contributed by atoms with E-state index in [0.29, 0.717) is 24.8 Å². The quantitative estimate of drug-likeness (QED) is 0.805. The van der Waals surface area contributed by atoms with Gasteiger partial charge in [-0.05, 0) is 18.6 Å². The predicted octanol–water partition coefficient (Wildman–Crippen LogP) is 1.48. The van der Waals surface area contributed by atoms with Crippen LogP contribution in [0.15, 0.2) is 29.3 Å². The van der Waals surface area contributed by atoms with Crippen molar-refractivity contribution in [1.82, 2.24) is 14.8 Å². The highest BCUT2D eigenvalue weighted by Crippen LogP contribution is 2.29. The zero-order chi connectivity index (χ0) is 19.8. The van der Waals surface area contributed by atoms with Crippen molar-refractivity contribution in [2.24, 2.45) is 5.92 Å². The smallest absolute Gasteiger partial charge is 0.396 e. The number of anilines is 1. The highest BCUT2D eigenvalue weighted by atomic mass is 35.5. The number of halogens is 4. The largest absolute Gasteiger partial charge is 0.417 e. The number of rotatable bonds is 3. The van der Waals surface area contributed by atoms with Crippen LogP contribution in [0.3, 0.4) is 0 Å². The van der Waals surface area contributed by atoms with E-state index in [0.717, 1.165) is 16.8 Å². The molecule has 2 atom stereocenters. The third-order valence-electron chi connectivity index (χ3n) is 4.49. The first-order valence-corrected chi connectivity index (χ1v) is 8.45. The molecule has 11 heteroatoms. The van der Waals surface area contributed by atoms with Gasteiger partial charge in [0.05, 0.1) is 23.6 Å². The number of hydrogen-bond acceptors (Lipinski definition) is 6. The van der Waals surface area contributed by atoms with Crippen LogP contribution in [-0.4, -0.2) is 50.8 Å². The summed E-state index contributed by atoms with van der Waals surface area (Å²) in [5, 5.41) is 23.0. The first-order chi connectivity index (χ1) is 12.7. The number of nitrogens with zero attached hydrogens (tertiary/aromatic N) is 4. The molecular formula is C16H16ClF3N4O3. The topological polar surface area (TPSA) is 91.5 Å². The molecule has 1 fully saturated rings. The molecule has 0 aromatic carbocycles. The fraction of sp³-hybridized carbons (Fsp3) is 0.438. The van der Waals surface area contributed by atoms with Gasteiger partial charge in [0.25, 0.3) is 5.56 Å². The van der Waals surface area contributed by atoms with E-state index in [1.54, 1.807) is 4.90 Å². The van der Waals surface area contributed by atoms with Crippen LogP contribution in [0.25, 0.3) is 5.82 Å². The van der Waals surface area contributed by atoms with Gasteiger partial charge in [0.15, 0.2) is 5.82 Å². The highest BCUT2D eigenvalue weighted by Gasteiger charge is 2.31. The van der Waals surface area contributed by atoms with Gasteiger partial charge in [-0.15, -0.1) is 0 Å². The summed E-state index contributed by atoms with van der Waals surface area (Å²) >= 11 is 6.15. The number of hydrogen-bond donors (Lipinski definition) is 2. The molecule has 1 aliphatic rings. The molecule has 0 radical (unpaired) electrons. The fourth-order valence-corrected chi connectivity index (χ4v) is 3.15. The van der Waals surface area contributed by atoms with Crippen molar-refractivity contribution in [2.45, 2.75) is 18.7 Å². The van der Waals surface area contributed by atoms with E-state index in [-0.39, 0.29) is 29.9 Å². The Morgan fingerprint density at radius 1 is 1.30 bits per heavy atom. The van der Waals surface area contributed by atoms with E-state index in [1.807, 2.05) is 0 Å². The van der Waals surface area contributed by atoms with Crippen molar-refractivity contribution >= 4 is 17.3 Å². The Hall–Kier alpha value is -2.17. The van der Waals surface area contributed by atoms with Gasteiger partial charge in [0.1, 0.15) is 5.02 Å². The van der Waals surface area contributed by atoms with Gasteiger partial charge < -0.3 is 15.1 Å². The zero-order valence-electron chi connectivity index (χ0n) is 13.9. The molecule has 2 N–H and O–H groups in total. The van der Waals surface area contributed by atoms with Crippen LogP contribution in [0.5, 0.6) is 0 Å². The van der Waals surface area contributed by atoms with Gasteiger partial charge >= 0.3 is 6.18 Å². The minimum Gasteiger partial charge on any atom is -0.396 e. The van der Waals surface area contributed by atoms with Crippen molar-refractivity contribution in [3.8, 4) is 5.82 Å². The molecule has 146 valence electrons. The lowest BCUT2D eigenvalue weighted by Crippen LogP contribution is -2.45. The Labute approximate surface area is 156 Å². The second-order valence-electron chi connectivity index (χ2n) is 6.21. The summed E-state index contributed by atoms with van der Waals surface area (Å²) in [5.41, 5.74) is -1.37. The molecule has 0 aliphatic carbocycles. The SMILES string of the molecule is O=c1c(Cl)c(N2CC[C@@H](CO)[C@H](O)C2)cnn1-c1ccc(C(F)(F)F)cn1. The van der Waals surface area contributed by atoms with E-state index in [9.17, 15) is 28.2 Å². The lowest BCUT2D eigenvalue weighted by Gasteiger charge is -2.36. The van der Waals surface area contributed by atoms with Crippen LogP contribution in [0.1, 0.15) is 12.0 Å². The number of aliphatic hydroxyl groups excluding tert-OH is 2. The van der Waals surface area contributed by atoms with Gasteiger partial charge in [-0.1, -0.05) is 11.6 Å². The molecule has 2 aromatic rings. The normalized spacial score (nSPS) is 20.7. The third-order valence-corrected chi connectivity index (χ3v) is 4.84. The van der Waals surface area contributed by atoms with Crippen LogP contribution >= 0.6 is 11.6 Å². The number of piperidine rings is 1. The molecule has 27 heavy (non-hydrogen) atoms. The van der Waals surface area contributed by atoms with Crippen LogP contribution in [0.2, 0.25) is 5.02 Å². The summed E-state index contributed by atoms with van der Waals surface area (Å²) < 4.78 is 38.7. The number of β-amino-alcohol motifs (C(OH)–C–C–N with tert-alkyl or cyclic N) is 1. The van der Waals surface area contributed by atoms with Crippen LogP contribution in [-0.2, 0) is 6.18 Å². The maximum atomic E-state index is 12.6. The summed E-state index contributed by atoms with van der Waals surface area (Å²) in [6.07, 6.45) is -2.89. The van der Waals surface area contributed by atoms with Crippen molar-refractivity contribution in [1.29, 1.82) is 0 Å². The molecule has 7 nitrogen and oxygen atoms in total. The minimum absolute atomic E-state index is 0.0968. The van der Waals surface area contributed by atoms with Gasteiger partial charge in [0, 0.05) is 31.8 Å². The molecule has 0 spiro atoms. The van der Waals surface area contributed by atoms with Crippen LogP contribution < -0.4 is 10.5 Å². The minimum atomic E-state index is -4.53. The standard InChI is InChI=1S/C16H16ClF3N4O3/c17-14-11(23-4-3-9(8-25)12(26)7-23)6-22-24(15(14)27)13-2-1-10(5-21-13)16(18,19)20/h1-2,5-6,9,12,25-26H,3-4,7-8H2/t9-,12+/m0/s1. The molecule has 3 rings (SSSR count). The molecule has 0 bridgehead atoms. The summed E-state index contributed by atoms with van der Waals surface area (Å²) in [4.78, 5) is 17.8. The molecule has 0 saturated carbocycles. The second kappa shape index (κ2) is 7.45. The molecule has 2 aromatic heterocycles. The van der Waals surface area contributed by atoms with Crippen molar-refractivity contribution in [3.63, 3.8) is 0 Å². The summed E-state index contributed by atoms with van der Waals surface area (Å²) in [7, 11) is 0. The fourth-order valence-electron chi connectivity index (χ4n) is 2.90. The first-order valence-electron chi connectivity index (χ1n) is 8.07. The number of aromatic nitrogens is 3. The van der Waals surface area contributed by atoms with E-state index >= 15 is 0 Å². The predicted molar refractivity (Wildman–Crippen MR) is 91.1 cm³/mol. The lowest BCUT2D eigenvalue weighted by atomic mass is 9.94. The van der Waals surface area contributed by atoms with Crippen LogP contribution in [0, 0.1) is 5.92 Å². The number of pyridine rings is 1. The average Bonchev–Trinajstić information content (AvgIpc) is 2.63. The third kappa shape index (κ3) is 3.92. The van der Waals surface area contributed by atoms with E-state index in [2.05, 4.69) is 10.1 Å². The summed E-state index contributed by atoms with van der Waals surface area (Å²) in [5.74, 6) is -0.342. The van der Waals surface area contributed by atoms with Gasteiger partial charge in [0.2, 0.25) is 0 Å². The maximum Gasteiger partial charge on any atom is 0.417 e. The van der Waals surface area contributed by atoms with Gasteiger partial charge in [-0.3, -0.25) is 4.79 Å². The summed E-state index contributed by atoms with van der Waals surface area (Å²) in [6.45, 7) is 0.502. The molecule has 1 saturated heterocycles. The van der Waals surface area contributed by atoms with Crippen LogP contribution in [0.4, 0.5) is 18.9 Å². The number of aliphatic hydroxyl groups is 2. The maximum absolute atomic E-state index is 12.6. The van der Waals surface area contributed by atoms with Gasteiger partial charge in [-0.25, -0.2) is 4.98 Å². The monoisotopic (exact) mass is 404 g/mol. The summed E-state index contributed by atoms with van der Waals surface area (Å²) in [6, 6.07) is 1.83. The molecule has 3 heterocycles. The lowest BCUT2D eigenvalue weighted by molar-refractivity contribution is -0.137. The Morgan fingerprint density at radius 2 is 2.04 bits per heavy atom.